The highest BCUT2D eigenvalue weighted by atomic mass is 32.1. The summed E-state index contributed by atoms with van der Waals surface area (Å²) in [5.74, 6) is -0.224. The summed E-state index contributed by atoms with van der Waals surface area (Å²) >= 11 is 1.63. The average Bonchev–Trinajstić information content (AvgIpc) is 3.27. The number of nitrogens with one attached hydrogen (secondary N) is 1. The maximum absolute atomic E-state index is 12.4. The third kappa shape index (κ3) is 3.74. The predicted molar refractivity (Wildman–Crippen MR) is 86.7 cm³/mol. The monoisotopic (exact) mass is 314 g/mol. The van der Waals surface area contributed by atoms with Gasteiger partial charge < -0.3 is 10.2 Å². The number of thiophene rings is 1. The quantitative estimate of drug-likeness (QED) is 0.891. The van der Waals surface area contributed by atoms with Gasteiger partial charge in [0.05, 0.1) is 6.54 Å². The molecule has 1 aromatic carbocycles. The van der Waals surface area contributed by atoms with E-state index in [1.807, 2.05) is 34.5 Å². The van der Waals surface area contributed by atoms with Crippen LogP contribution in [0.5, 0.6) is 0 Å². The highest BCUT2D eigenvalue weighted by Crippen LogP contribution is 2.28. The number of hydrogen-bond acceptors (Lipinski definition) is 3. The molecule has 0 bridgehead atoms. The lowest BCUT2D eigenvalue weighted by molar-refractivity contribution is -0.131. The maximum Gasteiger partial charge on any atom is 0.251 e. The van der Waals surface area contributed by atoms with E-state index in [0.717, 1.165) is 18.4 Å². The van der Waals surface area contributed by atoms with Crippen molar-refractivity contribution in [1.82, 2.24) is 10.2 Å². The summed E-state index contributed by atoms with van der Waals surface area (Å²) in [6, 6.07) is 11.3. The summed E-state index contributed by atoms with van der Waals surface area (Å²) in [5.41, 5.74) is 1.73. The fraction of sp³-hybridized carbons (Fsp3) is 0.294. The summed E-state index contributed by atoms with van der Waals surface area (Å²) in [6.07, 6.45) is 2.12. The van der Waals surface area contributed by atoms with Crippen LogP contribution < -0.4 is 5.32 Å². The normalized spacial score (nSPS) is 13.6. The Labute approximate surface area is 133 Å². The molecule has 1 N–H and O–H groups in total. The van der Waals surface area contributed by atoms with Gasteiger partial charge in [-0.2, -0.15) is 11.3 Å². The SMILES string of the molecule is O=C(NCC(=O)N(Cc1ccsc1)C1CC1)c1ccccc1. The van der Waals surface area contributed by atoms with Gasteiger partial charge in [-0.3, -0.25) is 9.59 Å². The van der Waals surface area contributed by atoms with Crippen LogP contribution in [-0.4, -0.2) is 29.3 Å². The zero-order valence-corrected chi connectivity index (χ0v) is 13.0. The number of amides is 2. The van der Waals surface area contributed by atoms with E-state index in [9.17, 15) is 9.59 Å². The van der Waals surface area contributed by atoms with Crippen LogP contribution in [0.15, 0.2) is 47.2 Å². The van der Waals surface area contributed by atoms with Gasteiger partial charge in [0, 0.05) is 18.2 Å². The molecule has 114 valence electrons. The summed E-state index contributed by atoms with van der Waals surface area (Å²) in [5, 5.41) is 6.79. The van der Waals surface area contributed by atoms with E-state index in [1.54, 1.807) is 23.5 Å². The number of carbonyl (C=O) groups excluding carboxylic acids is 2. The molecule has 0 aliphatic heterocycles. The van der Waals surface area contributed by atoms with Crippen LogP contribution in [-0.2, 0) is 11.3 Å². The molecule has 0 radical (unpaired) electrons. The van der Waals surface area contributed by atoms with Gasteiger partial charge in [0.1, 0.15) is 0 Å². The van der Waals surface area contributed by atoms with E-state index < -0.39 is 0 Å². The molecule has 2 amide bonds. The van der Waals surface area contributed by atoms with E-state index in [2.05, 4.69) is 10.7 Å². The van der Waals surface area contributed by atoms with Gasteiger partial charge in [-0.15, -0.1) is 0 Å². The summed E-state index contributed by atoms with van der Waals surface area (Å²) in [6.45, 7) is 0.683. The minimum absolute atomic E-state index is 0.0158. The molecule has 1 aliphatic rings. The lowest BCUT2D eigenvalue weighted by atomic mass is 10.2. The van der Waals surface area contributed by atoms with E-state index in [4.69, 9.17) is 0 Å². The van der Waals surface area contributed by atoms with Crippen molar-refractivity contribution in [3.8, 4) is 0 Å². The summed E-state index contributed by atoms with van der Waals surface area (Å²) in [7, 11) is 0. The lowest BCUT2D eigenvalue weighted by Gasteiger charge is -2.22. The van der Waals surface area contributed by atoms with Crippen molar-refractivity contribution >= 4 is 23.2 Å². The van der Waals surface area contributed by atoms with Gasteiger partial charge in [0.25, 0.3) is 5.91 Å². The second-order valence-corrected chi connectivity index (χ2v) is 6.21. The Balaban J connectivity index is 1.56. The lowest BCUT2D eigenvalue weighted by Crippen LogP contribution is -2.41. The minimum atomic E-state index is -0.208. The van der Waals surface area contributed by atoms with Gasteiger partial charge in [-0.05, 0) is 47.4 Å². The first-order valence-electron chi connectivity index (χ1n) is 7.38. The van der Waals surface area contributed by atoms with Crippen LogP contribution in [0.3, 0.4) is 0 Å². The minimum Gasteiger partial charge on any atom is -0.343 e. The van der Waals surface area contributed by atoms with Crippen molar-refractivity contribution in [2.75, 3.05) is 6.54 Å². The largest absolute Gasteiger partial charge is 0.343 e. The standard InChI is InChI=1S/C17H18N2O2S/c20-16(10-18-17(21)14-4-2-1-3-5-14)19(15-6-7-15)11-13-8-9-22-12-13/h1-5,8-9,12,15H,6-7,10-11H2,(H,18,21). The van der Waals surface area contributed by atoms with Crippen LogP contribution in [0.2, 0.25) is 0 Å². The van der Waals surface area contributed by atoms with E-state index in [0.29, 0.717) is 18.2 Å². The Morgan fingerprint density at radius 3 is 2.59 bits per heavy atom. The topological polar surface area (TPSA) is 49.4 Å². The van der Waals surface area contributed by atoms with Crippen molar-refractivity contribution in [2.45, 2.75) is 25.4 Å². The highest BCUT2D eigenvalue weighted by Gasteiger charge is 2.32. The number of carbonyl (C=O) groups is 2. The van der Waals surface area contributed by atoms with Gasteiger partial charge in [0.15, 0.2) is 0 Å². The first-order valence-corrected chi connectivity index (χ1v) is 8.32. The zero-order valence-electron chi connectivity index (χ0n) is 12.2. The van der Waals surface area contributed by atoms with Gasteiger partial charge >= 0.3 is 0 Å². The van der Waals surface area contributed by atoms with Crippen molar-refractivity contribution in [1.29, 1.82) is 0 Å². The molecule has 5 heteroatoms. The molecule has 4 nitrogen and oxygen atoms in total. The van der Waals surface area contributed by atoms with Crippen LogP contribution in [0, 0.1) is 0 Å². The molecule has 0 saturated heterocycles. The number of benzene rings is 1. The number of hydrogen-bond donors (Lipinski definition) is 1. The fourth-order valence-electron chi connectivity index (χ4n) is 2.34. The van der Waals surface area contributed by atoms with Crippen LogP contribution in [0.4, 0.5) is 0 Å². The van der Waals surface area contributed by atoms with Crippen LogP contribution in [0.25, 0.3) is 0 Å². The predicted octanol–water partition coefficient (Wildman–Crippen LogP) is 2.67. The first kappa shape index (κ1) is 14.8. The Bertz CT molecular complexity index is 636. The van der Waals surface area contributed by atoms with Crippen molar-refractivity contribution in [2.24, 2.45) is 0 Å². The molecule has 1 saturated carbocycles. The Kier molecular flexibility index (Phi) is 4.53. The van der Waals surface area contributed by atoms with E-state index >= 15 is 0 Å². The van der Waals surface area contributed by atoms with Gasteiger partial charge in [-0.25, -0.2) is 0 Å². The third-order valence-corrected chi connectivity index (χ3v) is 4.41. The smallest absolute Gasteiger partial charge is 0.251 e. The first-order chi connectivity index (χ1) is 10.7. The van der Waals surface area contributed by atoms with Crippen molar-refractivity contribution < 1.29 is 9.59 Å². The molecule has 0 spiro atoms. The van der Waals surface area contributed by atoms with Crippen molar-refractivity contribution in [3.05, 3.63) is 58.3 Å². The molecule has 2 aromatic rings. The molecular formula is C17H18N2O2S. The number of nitrogens with zero attached hydrogens (tertiary/aromatic N) is 1. The van der Waals surface area contributed by atoms with Gasteiger partial charge in [0.2, 0.25) is 5.91 Å². The summed E-state index contributed by atoms with van der Waals surface area (Å²) < 4.78 is 0. The Morgan fingerprint density at radius 1 is 1.18 bits per heavy atom. The van der Waals surface area contributed by atoms with Crippen LogP contribution >= 0.6 is 11.3 Å². The molecule has 1 aromatic heterocycles. The summed E-state index contributed by atoms with van der Waals surface area (Å²) in [4.78, 5) is 26.3. The highest BCUT2D eigenvalue weighted by molar-refractivity contribution is 7.07. The molecule has 1 aliphatic carbocycles. The average molecular weight is 314 g/mol. The second kappa shape index (κ2) is 6.75. The fourth-order valence-corrected chi connectivity index (χ4v) is 3.00. The molecule has 0 atom stereocenters. The maximum atomic E-state index is 12.4. The van der Waals surface area contributed by atoms with Gasteiger partial charge in [-0.1, -0.05) is 18.2 Å². The Hall–Kier alpha value is -2.14. The van der Waals surface area contributed by atoms with E-state index in [1.165, 1.54) is 0 Å². The van der Waals surface area contributed by atoms with Crippen molar-refractivity contribution in [3.63, 3.8) is 0 Å². The number of rotatable bonds is 6. The Morgan fingerprint density at radius 2 is 1.95 bits per heavy atom. The second-order valence-electron chi connectivity index (χ2n) is 5.43. The molecule has 22 heavy (non-hydrogen) atoms. The van der Waals surface area contributed by atoms with Crippen LogP contribution in [0.1, 0.15) is 28.8 Å². The van der Waals surface area contributed by atoms with E-state index in [-0.39, 0.29) is 18.4 Å². The molecule has 0 unspecified atom stereocenters. The zero-order chi connectivity index (χ0) is 15.4. The molecule has 1 fully saturated rings. The third-order valence-electron chi connectivity index (χ3n) is 3.68. The molecule has 1 heterocycles. The molecular weight excluding hydrogens is 296 g/mol. The molecule has 3 rings (SSSR count).